The first-order chi connectivity index (χ1) is 9.91. The monoisotopic (exact) mass is 293 g/mol. The molecule has 1 aliphatic heterocycles. The highest BCUT2D eigenvalue weighted by Crippen LogP contribution is 2.35. The molecule has 1 aliphatic rings. The first kappa shape index (κ1) is 15.5. The fraction of sp³-hybridized carbons (Fsp3) is 0.667. The Labute approximate surface area is 124 Å². The minimum atomic E-state index is -0.731. The van der Waals surface area contributed by atoms with Gasteiger partial charge in [0.15, 0.2) is 5.82 Å². The van der Waals surface area contributed by atoms with E-state index in [1.807, 2.05) is 25.7 Å². The Bertz CT molecular complexity index is 572. The third-order valence-electron chi connectivity index (χ3n) is 4.56. The molecule has 21 heavy (non-hydrogen) atoms. The number of aliphatic carboxylic acids is 1. The molecule has 0 atom stereocenters. The van der Waals surface area contributed by atoms with E-state index in [0.29, 0.717) is 38.2 Å². The van der Waals surface area contributed by atoms with Gasteiger partial charge in [0.1, 0.15) is 0 Å². The molecule has 1 aromatic heterocycles. The maximum absolute atomic E-state index is 12.4. The van der Waals surface area contributed by atoms with Crippen LogP contribution in [0.15, 0.2) is 17.2 Å². The third kappa shape index (κ3) is 2.80. The average Bonchev–Trinajstić information content (AvgIpc) is 2.47. The van der Waals surface area contributed by atoms with E-state index in [9.17, 15) is 14.7 Å². The number of rotatable bonds is 4. The van der Waals surface area contributed by atoms with Crippen LogP contribution in [0.4, 0.5) is 5.82 Å². The quantitative estimate of drug-likeness (QED) is 0.917. The van der Waals surface area contributed by atoms with Gasteiger partial charge in [0.2, 0.25) is 0 Å². The lowest BCUT2D eigenvalue weighted by atomic mass is 9.76. The van der Waals surface area contributed by atoms with Crippen LogP contribution in [0, 0.1) is 5.41 Å². The molecule has 0 aliphatic carbocycles. The normalized spacial score (nSPS) is 18.0. The van der Waals surface area contributed by atoms with Gasteiger partial charge in [-0.05, 0) is 33.1 Å². The number of carbonyl (C=O) groups is 1. The van der Waals surface area contributed by atoms with Gasteiger partial charge < -0.3 is 14.6 Å². The molecule has 2 rings (SSSR count). The van der Waals surface area contributed by atoms with Crippen molar-refractivity contribution in [1.82, 2.24) is 9.55 Å². The van der Waals surface area contributed by atoms with E-state index < -0.39 is 11.4 Å². The first-order valence-electron chi connectivity index (χ1n) is 7.47. The lowest BCUT2D eigenvalue weighted by Crippen LogP contribution is -2.46. The maximum atomic E-state index is 12.4. The van der Waals surface area contributed by atoms with Crippen LogP contribution in [-0.2, 0) is 4.79 Å². The molecule has 0 radical (unpaired) electrons. The van der Waals surface area contributed by atoms with Crippen LogP contribution in [0.5, 0.6) is 0 Å². The largest absolute Gasteiger partial charge is 0.481 e. The van der Waals surface area contributed by atoms with Crippen molar-refractivity contribution in [1.29, 1.82) is 0 Å². The molecule has 0 aromatic carbocycles. The van der Waals surface area contributed by atoms with Gasteiger partial charge in [0.05, 0.1) is 5.41 Å². The van der Waals surface area contributed by atoms with Gasteiger partial charge in [-0.3, -0.25) is 9.59 Å². The van der Waals surface area contributed by atoms with Crippen molar-refractivity contribution in [2.75, 3.05) is 18.0 Å². The summed E-state index contributed by atoms with van der Waals surface area (Å²) >= 11 is 0. The zero-order valence-corrected chi connectivity index (χ0v) is 12.9. The Balaban J connectivity index is 2.22. The molecule has 1 aromatic rings. The molecule has 116 valence electrons. The number of piperidine rings is 1. The minimum absolute atomic E-state index is 0.0813. The fourth-order valence-electron chi connectivity index (χ4n) is 2.90. The van der Waals surface area contributed by atoms with Gasteiger partial charge in [-0.2, -0.15) is 0 Å². The molecule has 0 amide bonds. The van der Waals surface area contributed by atoms with Gasteiger partial charge >= 0.3 is 5.97 Å². The van der Waals surface area contributed by atoms with Crippen molar-refractivity contribution in [2.24, 2.45) is 5.41 Å². The molecule has 0 bridgehead atoms. The molecule has 1 saturated heterocycles. The predicted octanol–water partition coefficient (Wildman–Crippen LogP) is 1.91. The second-order valence-electron chi connectivity index (χ2n) is 5.98. The van der Waals surface area contributed by atoms with Gasteiger partial charge in [-0.25, -0.2) is 4.98 Å². The molecular formula is C15H23N3O3. The second-order valence-corrected chi connectivity index (χ2v) is 5.98. The van der Waals surface area contributed by atoms with Crippen molar-refractivity contribution >= 4 is 11.8 Å². The summed E-state index contributed by atoms with van der Waals surface area (Å²) in [5.74, 6) is -0.299. The Morgan fingerprint density at radius 1 is 1.43 bits per heavy atom. The Kier molecular flexibility index (Phi) is 4.34. The lowest BCUT2D eigenvalue weighted by molar-refractivity contribution is -0.150. The number of nitrogens with zero attached hydrogens (tertiary/aromatic N) is 3. The van der Waals surface area contributed by atoms with Crippen LogP contribution in [0.3, 0.4) is 0 Å². The summed E-state index contributed by atoms with van der Waals surface area (Å²) in [4.78, 5) is 30.0. The van der Waals surface area contributed by atoms with E-state index in [-0.39, 0.29) is 11.6 Å². The summed E-state index contributed by atoms with van der Waals surface area (Å²) in [7, 11) is 0. The van der Waals surface area contributed by atoms with Crippen LogP contribution in [0.1, 0.15) is 46.1 Å². The summed E-state index contributed by atoms with van der Waals surface area (Å²) in [6.07, 6.45) is 5.05. The highest BCUT2D eigenvalue weighted by molar-refractivity contribution is 5.75. The zero-order valence-electron chi connectivity index (χ0n) is 12.9. The fourth-order valence-corrected chi connectivity index (χ4v) is 2.90. The molecule has 0 unspecified atom stereocenters. The molecule has 1 fully saturated rings. The van der Waals surface area contributed by atoms with Gasteiger partial charge in [-0.15, -0.1) is 0 Å². The average molecular weight is 293 g/mol. The number of anilines is 1. The molecule has 2 heterocycles. The minimum Gasteiger partial charge on any atom is -0.481 e. The number of aromatic nitrogens is 2. The summed E-state index contributed by atoms with van der Waals surface area (Å²) in [5.41, 5.74) is -0.755. The number of carboxylic acids is 1. The van der Waals surface area contributed by atoms with E-state index in [0.717, 1.165) is 0 Å². The summed E-state index contributed by atoms with van der Waals surface area (Å²) in [6, 6.07) is 0.0813. The molecule has 0 saturated carbocycles. The van der Waals surface area contributed by atoms with E-state index in [1.54, 1.807) is 17.0 Å². The summed E-state index contributed by atoms with van der Waals surface area (Å²) in [5, 5.41) is 9.42. The SMILES string of the molecule is CCC1(C(=O)O)CCN(c2nccn(C(C)C)c2=O)CC1. The molecule has 6 nitrogen and oxygen atoms in total. The smallest absolute Gasteiger partial charge is 0.309 e. The number of carboxylic acid groups (broad SMARTS) is 1. The third-order valence-corrected chi connectivity index (χ3v) is 4.56. The van der Waals surface area contributed by atoms with Crippen LogP contribution in [-0.4, -0.2) is 33.7 Å². The van der Waals surface area contributed by atoms with E-state index in [4.69, 9.17) is 0 Å². The standard InChI is InChI=1S/C15H23N3O3/c1-4-15(14(20)21)5-8-17(9-6-15)12-13(19)18(11(2)3)10-7-16-12/h7,10-11H,4-6,8-9H2,1-3H3,(H,20,21). The van der Waals surface area contributed by atoms with Crippen molar-refractivity contribution in [3.8, 4) is 0 Å². The Morgan fingerprint density at radius 2 is 2.05 bits per heavy atom. The second kappa shape index (κ2) is 5.87. The lowest BCUT2D eigenvalue weighted by Gasteiger charge is -2.38. The molecule has 6 heteroatoms. The maximum Gasteiger partial charge on any atom is 0.309 e. The van der Waals surface area contributed by atoms with Crippen LogP contribution >= 0.6 is 0 Å². The van der Waals surface area contributed by atoms with Crippen molar-refractivity contribution < 1.29 is 9.90 Å². The molecule has 0 spiro atoms. The molecule has 1 N–H and O–H groups in total. The van der Waals surface area contributed by atoms with Crippen molar-refractivity contribution in [3.63, 3.8) is 0 Å². The van der Waals surface area contributed by atoms with Crippen molar-refractivity contribution in [3.05, 3.63) is 22.7 Å². The van der Waals surface area contributed by atoms with Gasteiger partial charge in [0, 0.05) is 31.5 Å². The number of hydrogen-bond acceptors (Lipinski definition) is 4. The Hall–Kier alpha value is -1.85. The Morgan fingerprint density at radius 3 is 2.52 bits per heavy atom. The van der Waals surface area contributed by atoms with E-state index in [2.05, 4.69) is 4.98 Å². The van der Waals surface area contributed by atoms with E-state index in [1.165, 1.54) is 0 Å². The summed E-state index contributed by atoms with van der Waals surface area (Å²) < 4.78 is 1.65. The number of hydrogen-bond donors (Lipinski definition) is 1. The molecular weight excluding hydrogens is 270 g/mol. The van der Waals surface area contributed by atoms with E-state index >= 15 is 0 Å². The topological polar surface area (TPSA) is 75.4 Å². The zero-order chi connectivity index (χ0) is 15.6. The predicted molar refractivity (Wildman–Crippen MR) is 80.7 cm³/mol. The van der Waals surface area contributed by atoms with Crippen molar-refractivity contribution in [2.45, 2.75) is 46.1 Å². The van der Waals surface area contributed by atoms with Crippen LogP contribution in [0.25, 0.3) is 0 Å². The van der Waals surface area contributed by atoms with Gasteiger partial charge in [0.25, 0.3) is 5.56 Å². The van der Waals surface area contributed by atoms with Gasteiger partial charge in [-0.1, -0.05) is 6.92 Å². The first-order valence-corrected chi connectivity index (χ1v) is 7.47. The highest BCUT2D eigenvalue weighted by Gasteiger charge is 2.40. The highest BCUT2D eigenvalue weighted by atomic mass is 16.4. The summed E-state index contributed by atoms with van der Waals surface area (Å²) in [6.45, 7) is 6.94. The van der Waals surface area contributed by atoms with Crippen LogP contribution in [0.2, 0.25) is 0 Å². The van der Waals surface area contributed by atoms with Crippen LogP contribution < -0.4 is 10.5 Å².